The summed E-state index contributed by atoms with van der Waals surface area (Å²) in [6.45, 7) is 1.54. The molecule has 0 amide bonds. The van der Waals surface area contributed by atoms with E-state index in [1.54, 1.807) is 6.07 Å². The molecule has 2 atom stereocenters. The van der Waals surface area contributed by atoms with E-state index in [1.165, 1.54) is 6.92 Å². The molecule has 0 bridgehead atoms. The van der Waals surface area contributed by atoms with Gasteiger partial charge in [-0.1, -0.05) is 23.7 Å². The number of carbonyl (C=O) groups is 1. The van der Waals surface area contributed by atoms with Crippen LogP contribution in [0.5, 0.6) is 0 Å². The highest BCUT2D eigenvalue weighted by molar-refractivity contribution is 6.30. The van der Waals surface area contributed by atoms with Crippen LogP contribution in [0.25, 0.3) is 0 Å². The molecule has 2 rings (SSSR count). The van der Waals surface area contributed by atoms with E-state index in [9.17, 15) is 4.79 Å². The topological polar surface area (TPSA) is 29.6 Å². The highest BCUT2D eigenvalue weighted by Gasteiger charge is 2.43. The Morgan fingerprint density at radius 1 is 1.54 bits per heavy atom. The summed E-state index contributed by atoms with van der Waals surface area (Å²) in [5.41, 5.74) is 0.979. The van der Waals surface area contributed by atoms with Crippen LogP contribution >= 0.6 is 11.6 Å². The lowest BCUT2D eigenvalue weighted by Gasteiger charge is -1.95. The summed E-state index contributed by atoms with van der Waals surface area (Å²) in [6.07, 6.45) is -0.324. The third kappa shape index (κ3) is 1.74. The summed E-state index contributed by atoms with van der Waals surface area (Å²) in [5, 5.41) is 0.676. The van der Waals surface area contributed by atoms with Crippen molar-refractivity contribution >= 4 is 17.4 Å². The van der Waals surface area contributed by atoms with Gasteiger partial charge in [-0.25, -0.2) is 0 Å². The lowest BCUT2D eigenvalue weighted by Crippen LogP contribution is -2.00. The number of Topliss-reactive ketones (excluding diaryl/α,β-unsaturated/α-hetero) is 1. The normalized spacial score (nSPS) is 25.7. The molecule has 3 heteroatoms. The highest BCUT2D eigenvalue weighted by Crippen LogP contribution is 2.39. The number of epoxide rings is 1. The summed E-state index contributed by atoms with van der Waals surface area (Å²) in [6, 6.07) is 7.40. The van der Waals surface area contributed by atoms with Crippen molar-refractivity contribution in [2.75, 3.05) is 0 Å². The molecule has 0 saturated carbocycles. The third-order valence-corrected chi connectivity index (χ3v) is 2.30. The second-order valence-corrected chi connectivity index (χ2v) is 3.58. The maximum Gasteiger partial charge on any atom is 0.161 e. The first-order chi connectivity index (χ1) is 6.18. The van der Waals surface area contributed by atoms with Crippen LogP contribution in [0.15, 0.2) is 24.3 Å². The minimum absolute atomic E-state index is 0.0730. The van der Waals surface area contributed by atoms with Gasteiger partial charge >= 0.3 is 0 Å². The fourth-order valence-electron chi connectivity index (χ4n) is 1.36. The Kier molecular flexibility index (Phi) is 2.10. The van der Waals surface area contributed by atoms with E-state index in [0.29, 0.717) is 5.02 Å². The summed E-state index contributed by atoms with van der Waals surface area (Å²) in [5.74, 6) is 0.0741. The van der Waals surface area contributed by atoms with Gasteiger partial charge in [-0.15, -0.1) is 0 Å². The molecule has 68 valence electrons. The van der Waals surface area contributed by atoms with Crippen LogP contribution in [0.3, 0.4) is 0 Å². The Bertz CT molecular complexity index is 349. The molecule has 0 radical (unpaired) electrons. The number of ketones is 1. The third-order valence-electron chi connectivity index (χ3n) is 2.07. The Hall–Kier alpha value is -0.860. The number of benzene rings is 1. The van der Waals surface area contributed by atoms with Gasteiger partial charge < -0.3 is 4.74 Å². The van der Waals surface area contributed by atoms with E-state index in [2.05, 4.69) is 0 Å². The Morgan fingerprint density at radius 2 is 2.31 bits per heavy atom. The second kappa shape index (κ2) is 3.13. The van der Waals surface area contributed by atoms with E-state index in [1.807, 2.05) is 18.2 Å². The number of ether oxygens (including phenoxy) is 1. The molecule has 1 heterocycles. The van der Waals surface area contributed by atoms with Crippen LogP contribution < -0.4 is 0 Å². The summed E-state index contributed by atoms with van der Waals surface area (Å²) in [7, 11) is 0. The fraction of sp³-hybridized carbons (Fsp3) is 0.300. The largest absolute Gasteiger partial charge is 0.356 e. The lowest BCUT2D eigenvalue weighted by atomic mass is 10.1. The monoisotopic (exact) mass is 196 g/mol. The summed E-state index contributed by atoms with van der Waals surface area (Å²) < 4.78 is 5.21. The second-order valence-electron chi connectivity index (χ2n) is 3.14. The zero-order chi connectivity index (χ0) is 9.42. The fourth-order valence-corrected chi connectivity index (χ4v) is 1.56. The molecule has 2 unspecified atom stereocenters. The van der Waals surface area contributed by atoms with Crippen LogP contribution in [0.2, 0.25) is 5.02 Å². The molecule has 13 heavy (non-hydrogen) atoms. The first-order valence-electron chi connectivity index (χ1n) is 4.10. The number of rotatable bonds is 2. The predicted octanol–water partition coefficient (Wildman–Crippen LogP) is 2.37. The molecule has 1 fully saturated rings. The maximum atomic E-state index is 10.9. The van der Waals surface area contributed by atoms with E-state index < -0.39 is 0 Å². The first-order valence-corrected chi connectivity index (χ1v) is 4.47. The van der Waals surface area contributed by atoms with Crippen LogP contribution in [-0.2, 0) is 9.53 Å². The number of hydrogen-bond donors (Lipinski definition) is 0. The van der Waals surface area contributed by atoms with Crippen molar-refractivity contribution in [3.05, 3.63) is 34.9 Å². The van der Waals surface area contributed by atoms with Gasteiger partial charge in [-0.3, -0.25) is 4.79 Å². The maximum absolute atomic E-state index is 10.9. The number of hydrogen-bond acceptors (Lipinski definition) is 2. The average Bonchev–Trinajstić information content (AvgIpc) is 2.82. The van der Waals surface area contributed by atoms with Crippen LogP contribution in [0.1, 0.15) is 18.6 Å². The molecule has 0 aromatic heterocycles. The van der Waals surface area contributed by atoms with Gasteiger partial charge in [-0.05, 0) is 24.6 Å². The lowest BCUT2D eigenvalue weighted by molar-refractivity contribution is -0.118. The molecule has 2 nitrogen and oxygen atoms in total. The van der Waals surface area contributed by atoms with Gasteiger partial charge in [0.05, 0.1) is 0 Å². The smallest absolute Gasteiger partial charge is 0.161 e. The van der Waals surface area contributed by atoms with Crippen LogP contribution in [-0.4, -0.2) is 11.9 Å². The van der Waals surface area contributed by atoms with Crippen molar-refractivity contribution < 1.29 is 9.53 Å². The van der Waals surface area contributed by atoms with E-state index in [4.69, 9.17) is 16.3 Å². The van der Waals surface area contributed by atoms with Gasteiger partial charge in [-0.2, -0.15) is 0 Å². The Balaban J connectivity index is 2.16. The Morgan fingerprint density at radius 3 is 2.85 bits per heavy atom. The quantitative estimate of drug-likeness (QED) is 0.680. The minimum Gasteiger partial charge on any atom is -0.356 e. The first kappa shape index (κ1) is 8.73. The van der Waals surface area contributed by atoms with Crippen molar-refractivity contribution in [2.45, 2.75) is 19.1 Å². The van der Waals surface area contributed by atoms with E-state index in [-0.39, 0.29) is 18.0 Å². The zero-order valence-corrected chi connectivity index (χ0v) is 7.91. The van der Waals surface area contributed by atoms with Gasteiger partial charge in [0.2, 0.25) is 0 Å². The average molecular weight is 197 g/mol. The van der Waals surface area contributed by atoms with Crippen molar-refractivity contribution in [1.29, 1.82) is 0 Å². The molecule has 1 aliphatic heterocycles. The molecular formula is C10H9ClO2. The molecule has 1 saturated heterocycles. The Labute approximate surface area is 81.5 Å². The SMILES string of the molecule is CC(=O)C1OC1c1cccc(Cl)c1. The standard InChI is InChI=1S/C10H9ClO2/c1-6(12)9-10(13-9)7-3-2-4-8(11)5-7/h2-5,9-10H,1H3. The van der Waals surface area contributed by atoms with Crippen molar-refractivity contribution in [3.8, 4) is 0 Å². The predicted molar refractivity (Wildman–Crippen MR) is 49.7 cm³/mol. The van der Waals surface area contributed by atoms with Crippen molar-refractivity contribution in [2.24, 2.45) is 0 Å². The molecule has 0 N–H and O–H groups in total. The van der Waals surface area contributed by atoms with Crippen LogP contribution in [0.4, 0.5) is 0 Å². The van der Waals surface area contributed by atoms with Crippen LogP contribution in [0, 0.1) is 0 Å². The van der Waals surface area contributed by atoms with E-state index in [0.717, 1.165) is 5.56 Å². The summed E-state index contributed by atoms with van der Waals surface area (Å²) >= 11 is 5.80. The number of halogens is 1. The molecular weight excluding hydrogens is 188 g/mol. The molecule has 1 aromatic carbocycles. The molecule has 1 aliphatic rings. The van der Waals surface area contributed by atoms with Gasteiger partial charge in [0, 0.05) is 5.02 Å². The van der Waals surface area contributed by atoms with E-state index >= 15 is 0 Å². The molecule has 0 aliphatic carbocycles. The van der Waals surface area contributed by atoms with Crippen molar-refractivity contribution in [1.82, 2.24) is 0 Å². The van der Waals surface area contributed by atoms with Crippen molar-refractivity contribution in [3.63, 3.8) is 0 Å². The highest BCUT2D eigenvalue weighted by atomic mass is 35.5. The molecule has 0 spiro atoms. The van der Waals surface area contributed by atoms with Gasteiger partial charge in [0.15, 0.2) is 5.78 Å². The van der Waals surface area contributed by atoms with Gasteiger partial charge in [0.25, 0.3) is 0 Å². The van der Waals surface area contributed by atoms with Gasteiger partial charge in [0.1, 0.15) is 12.2 Å². The summed E-state index contributed by atoms with van der Waals surface area (Å²) in [4.78, 5) is 10.9. The number of carbonyl (C=O) groups excluding carboxylic acids is 1. The minimum atomic E-state index is -0.251. The zero-order valence-electron chi connectivity index (χ0n) is 7.16. The molecule has 1 aromatic rings.